The SMILES string of the molecule is COc1ccc(O[C@@H]2O[C@H](CO[Si](c3ccccc3)(c3ccccc3)C(C)(C)C)[C@@H](O[C@@H]3O[C@@H]4COC(c5ccc(OC)cc5)O[C@@H]4[C@H](OC(=O)c4ccccc4)[C@H]3O[C@H]3O[C@H](C)[C@H](OCc4ccccc4)[C@H](OCc4ccccc4)[C@H]3OCc3ccccc3)[C@H](OC3OC(C)C(OCc4ccccc4)C(OCc4ccccc4)C3OCc3ccccc3)[C@H]2N2C(=O)c3ccccc3C2=O)cc1. The van der Waals surface area contributed by atoms with Crippen LogP contribution < -0.4 is 24.6 Å². The molecule has 12 aromatic rings. The maximum absolute atomic E-state index is 16.5. The lowest BCUT2D eigenvalue weighted by Crippen LogP contribution is -2.73. The molecule has 710 valence electrons. The molecule has 0 saturated carbocycles. The van der Waals surface area contributed by atoms with Crippen molar-refractivity contribution < 1.29 is 109 Å². The molecule has 0 bridgehead atoms. The van der Waals surface area contributed by atoms with E-state index in [-0.39, 0.29) is 75.3 Å². The Morgan fingerprint density at radius 3 is 1.14 bits per heavy atom. The molecule has 0 aliphatic carbocycles. The molecule has 24 nitrogen and oxygen atoms in total. The lowest BCUT2D eigenvalue weighted by atomic mass is 9.93. The second kappa shape index (κ2) is 44.8. The van der Waals surface area contributed by atoms with Crippen LogP contribution in [0.2, 0.25) is 5.04 Å². The number of fused-ring (bicyclic) bond motifs is 2. The Balaban J connectivity index is 0.859. The number of carbonyl (C=O) groups excluding carboxylic acids is 3. The summed E-state index contributed by atoms with van der Waals surface area (Å²) in [5.41, 5.74) is 6.01. The number of hydrogen-bond donors (Lipinski definition) is 0. The van der Waals surface area contributed by atoms with Crippen molar-refractivity contribution in [2.75, 3.05) is 27.4 Å². The highest BCUT2D eigenvalue weighted by Gasteiger charge is 2.64. The van der Waals surface area contributed by atoms with E-state index in [9.17, 15) is 0 Å². The molecule has 18 rings (SSSR count). The van der Waals surface area contributed by atoms with E-state index in [4.69, 9.17) is 94.4 Å². The minimum Gasteiger partial charge on any atom is -0.497 e. The summed E-state index contributed by atoms with van der Waals surface area (Å²) in [6.07, 6.45) is -26.7. The predicted octanol–water partition coefficient (Wildman–Crippen LogP) is 17.3. The second-order valence-corrected chi connectivity index (χ2v) is 40.2. The van der Waals surface area contributed by atoms with Gasteiger partial charge in [0.05, 0.1) is 96.0 Å². The van der Waals surface area contributed by atoms with Crippen molar-refractivity contribution in [1.82, 2.24) is 4.90 Å². The first-order valence-corrected chi connectivity index (χ1v) is 48.6. The van der Waals surface area contributed by atoms with E-state index >= 15 is 14.4 Å². The van der Waals surface area contributed by atoms with Crippen molar-refractivity contribution in [3.05, 3.63) is 401 Å². The van der Waals surface area contributed by atoms with Crippen LogP contribution in [0.3, 0.4) is 0 Å². The highest BCUT2D eigenvalue weighted by molar-refractivity contribution is 6.99. The Bertz CT molecular complexity index is 5740. The number of rotatable bonds is 37. The number of carbonyl (C=O) groups is 3. The van der Waals surface area contributed by atoms with E-state index in [0.29, 0.717) is 17.1 Å². The summed E-state index contributed by atoms with van der Waals surface area (Å²) in [5.74, 6) is -0.913. The molecule has 6 aliphatic heterocycles. The van der Waals surface area contributed by atoms with Gasteiger partial charge >= 0.3 is 5.97 Å². The fourth-order valence-electron chi connectivity index (χ4n) is 19.0. The van der Waals surface area contributed by atoms with Crippen LogP contribution in [0, 0.1) is 0 Å². The number of hydrogen-bond acceptors (Lipinski definition) is 23. The molecule has 5 fully saturated rings. The summed E-state index contributed by atoms with van der Waals surface area (Å²) in [6.45, 7) is 10.1. The van der Waals surface area contributed by atoms with Crippen LogP contribution in [-0.2, 0) is 120 Å². The van der Waals surface area contributed by atoms with Crippen LogP contribution in [0.15, 0.2) is 346 Å². The first kappa shape index (κ1) is 95.5. The second-order valence-electron chi connectivity index (χ2n) is 35.9. The van der Waals surface area contributed by atoms with Gasteiger partial charge in [-0.1, -0.05) is 306 Å². The highest BCUT2D eigenvalue weighted by atomic mass is 28.4. The third-order valence-corrected chi connectivity index (χ3v) is 30.9. The summed E-state index contributed by atoms with van der Waals surface area (Å²) < 4.78 is 147. The molecule has 6 unspecified atom stereocenters. The molecule has 12 aromatic carbocycles. The minimum absolute atomic E-state index is 0.00227. The van der Waals surface area contributed by atoms with E-state index in [1.807, 2.05) is 244 Å². The largest absolute Gasteiger partial charge is 0.497 e. The predicted molar refractivity (Wildman–Crippen MR) is 511 cm³/mol. The van der Waals surface area contributed by atoms with Gasteiger partial charge in [0.1, 0.15) is 90.4 Å². The van der Waals surface area contributed by atoms with Gasteiger partial charge in [-0.25, -0.2) is 4.79 Å². The Morgan fingerprint density at radius 1 is 0.365 bits per heavy atom. The Morgan fingerprint density at radius 2 is 0.723 bits per heavy atom. The smallest absolute Gasteiger partial charge is 0.338 e. The average molecular weight is 1870 g/mol. The van der Waals surface area contributed by atoms with E-state index < -0.39 is 160 Å². The molecular formula is C112H115NO23Si. The highest BCUT2D eigenvalue weighted by Crippen LogP contribution is 2.47. The fourth-order valence-corrected chi connectivity index (χ4v) is 23.6. The van der Waals surface area contributed by atoms with Crippen molar-refractivity contribution in [1.29, 1.82) is 0 Å². The van der Waals surface area contributed by atoms with Crippen molar-refractivity contribution in [3.63, 3.8) is 0 Å². The maximum atomic E-state index is 16.5. The zero-order chi connectivity index (χ0) is 94.2. The normalized spacial score (nSPS) is 26.6. The summed E-state index contributed by atoms with van der Waals surface area (Å²) in [6, 6.07) is 106. The van der Waals surface area contributed by atoms with Gasteiger partial charge in [-0.3, -0.25) is 14.5 Å². The molecule has 0 spiro atoms. The van der Waals surface area contributed by atoms with Crippen LogP contribution in [0.4, 0.5) is 0 Å². The number of benzene rings is 12. The third-order valence-electron chi connectivity index (χ3n) is 25.9. The first-order valence-electron chi connectivity index (χ1n) is 46.7. The molecule has 5 saturated heterocycles. The van der Waals surface area contributed by atoms with Gasteiger partial charge in [-0.15, -0.1) is 0 Å². The van der Waals surface area contributed by atoms with Crippen LogP contribution in [0.5, 0.6) is 17.2 Å². The van der Waals surface area contributed by atoms with Crippen LogP contribution >= 0.6 is 0 Å². The summed E-state index contributed by atoms with van der Waals surface area (Å²) in [4.78, 5) is 50.1. The standard InChI is InChI=1S/C112H115NO23Si/c1-73-93(119-65-75-37-17-8-18-38-75)98(121-67-77-41-21-10-22-42-77)101(123-69-79-45-25-12-26-46-79)109(127-73)135-97-92(113-104(114)88-55-35-36-56-89(88)105(113)115)108(129-85-63-61-84(118-7)62-64-85)130-91(72-126-137(112(3,4)5,86-51-31-15-32-52-86)87-53-33-16-34-54-87)95(97)134-111-103(100(132-106(116)81-49-29-14-30-50-81)96-90(131-111)71-125-107(133-96)82-57-59-83(117-6)60-58-82)136-110-102(124-70-80-47-27-13-28-48-80)99(122-68-78-43-23-11-24-44-78)94(74(2)128-110)120-66-76-39-19-9-20-40-76/h8-64,73-74,90-103,107-111H,65-72H2,1-7H3/t73?,74-,90-,91-,92-,93?,94+,95-,96+,97-,98?,99+,100+,101?,102-,103-,107?,108-,109?,110-,111+/m1/s1. The summed E-state index contributed by atoms with van der Waals surface area (Å²) >= 11 is 0. The maximum Gasteiger partial charge on any atom is 0.338 e. The monoisotopic (exact) mass is 1870 g/mol. The van der Waals surface area contributed by atoms with Gasteiger partial charge < -0.3 is 94.4 Å². The summed E-state index contributed by atoms with van der Waals surface area (Å²) in [7, 11) is -0.615. The van der Waals surface area contributed by atoms with E-state index in [2.05, 4.69) is 45.0 Å². The molecule has 2 amide bonds. The van der Waals surface area contributed by atoms with Crippen molar-refractivity contribution in [3.8, 4) is 17.2 Å². The quantitative estimate of drug-likeness (QED) is 0.0200. The van der Waals surface area contributed by atoms with Crippen molar-refractivity contribution in [2.45, 2.75) is 208 Å². The number of imide groups is 1. The molecule has 137 heavy (non-hydrogen) atoms. The van der Waals surface area contributed by atoms with Crippen LogP contribution in [0.1, 0.15) is 111 Å². The Hall–Kier alpha value is -11.8. The van der Waals surface area contributed by atoms with Gasteiger partial charge in [0.25, 0.3) is 20.1 Å². The topological polar surface area (TPSA) is 239 Å². The van der Waals surface area contributed by atoms with E-state index in [0.717, 1.165) is 48.7 Å². The Kier molecular flexibility index (Phi) is 31.2. The van der Waals surface area contributed by atoms with E-state index in [1.165, 1.54) is 0 Å². The van der Waals surface area contributed by atoms with Gasteiger partial charge in [0, 0.05) is 5.56 Å². The zero-order valence-electron chi connectivity index (χ0n) is 77.5. The van der Waals surface area contributed by atoms with Gasteiger partial charge in [0.2, 0.25) is 6.29 Å². The molecule has 25 heteroatoms. The van der Waals surface area contributed by atoms with Gasteiger partial charge in [-0.2, -0.15) is 0 Å². The van der Waals surface area contributed by atoms with Crippen molar-refractivity contribution >= 4 is 36.5 Å². The fraction of sp³-hybridized carbons (Fsp3) is 0.330. The van der Waals surface area contributed by atoms with Gasteiger partial charge in [-0.05, 0) is 123 Å². The number of ether oxygens (including phenoxy) is 19. The number of methoxy groups -OCH3 is 2. The minimum atomic E-state index is -3.76. The molecule has 0 radical (unpaired) electrons. The number of amides is 2. The van der Waals surface area contributed by atoms with E-state index in [1.54, 1.807) is 105 Å². The zero-order valence-corrected chi connectivity index (χ0v) is 78.5. The summed E-state index contributed by atoms with van der Waals surface area (Å²) in [5, 5.41) is 1.14. The number of esters is 1. The Labute approximate surface area is 800 Å². The van der Waals surface area contributed by atoms with Crippen LogP contribution in [0.25, 0.3) is 0 Å². The molecular weight excluding hydrogens is 1760 g/mol. The lowest BCUT2D eigenvalue weighted by Gasteiger charge is -2.54. The lowest BCUT2D eigenvalue weighted by molar-refractivity contribution is -0.413. The molecule has 6 aliphatic rings. The third kappa shape index (κ3) is 22.2. The molecule has 0 aromatic heterocycles. The number of nitrogens with zero attached hydrogens (tertiary/aromatic N) is 1. The average Bonchev–Trinajstić information content (AvgIpc) is 1.67. The van der Waals surface area contributed by atoms with Crippen molar-refractivity contribution in [2.24, 2.45) is 0 Å². The van der Waals surface area contributed by atoms with Crippen LogP contribution in [-0.4, -0.2) is 181 Å². The first-order chi connectivity index (χ1) is 67.0. The molecule has 6 heterocycles. The van der Waals surface area contributed by atoms with Gasteiger partial charge in [0.15, 0.2) is 37.4 Å². The molecule has 0 N–H and O–H groups in total. The molecule has 21 atom stereocenters.